The van der Waals surface area contributed by atoms with E-state index in [1.165, 1.54) is 0 Å². The van der Waals surface area contributed by atoms with Crippen molar-refractivity contribution in [2.75, 3.05) is 13.2 Å². The Morgan fingerprint density at radius 2 is 2.11 bits per heavy atom. The summed E-state index contributed by atoms with van der Waals surface area (Å²) in [4.78, 5) is 16.3. The number of nitrogens with one attached hydrogen (secondary N) is 1. The molecule has 3 rings (SSSR count). The second-order valence-corrected chi connectivity index (χ2v) is 6.77. The number of aryl methyl sites for hydroxylation is 2. The molecule has 1 N–H and O–H groups in total. The first-order valence-corrected chi connectivity index (χ1v) is 9.76. The average Bonchev–Trinajstić information content (AvgIpc) is 3.33. The molecule has 7 nitrogen and oxygen atoms in total. The van der Waals surface area contributed by atoms with E-state index in [0.29, 0.717) is 23.1 Å². The van der Waals surface area contributed by atoms with Crippen LogP contribution in [-0.2, 0) is 17.8 Å². The molecule has 27 heavy (non-hydrogen) atoms. The van der Waals surface area contributed by atoms with Gasteiger partial charge in [-0.25, -0.2) is 4.98 Å². The molecule has 0 saturated heterocycles. The molecule has 0 radical (unpaired) electrons. The number of hydrogen-bond acceptors (Lipinski definition) is 6. The van der Waals surface area contributed by atoms with Gasteiger partial charge in [0, 0.05) is 42.5 Å². The van der Waals surface area contributed by atoms with Crippen LogP contribution >= 0.6 is 23.3 Å². The molecule has 0 fully saturated rings. The van der Waals surface area contributed by atoms with Crippen LogP contribution in [0.1, 0.15) is 19.2 Å². The minimum absolute atomic E-state index is 0.0999. The molecular formula is C18H20ClN5O2S. The highest BCUT2D eigenvalue weighted by Crippen LogP contribution is 2.28. The predicted octanol–water partition coefficient (Wildman–Crippen LogP) is 3.20. The van der Waals surface area contributed by atoms with Gasteiger partial charge in [0.05, 0.1) is 11.7 Å². The van der Waals surface area contributed by atoms with Gasteiger partial charge in [0.2, 0.25) is 0 Å². The van der Waals surface area contributed by atoms with Crippen LogP contribution in [0.15, 0.2) is 36.7 Å². The highest BCUT2D eigenvalue weighted by molar-refractivity contribution is 6.99. The summed E-state index contributed by atoms with van der Waals surface area (Å²) in [6.07, 6.45) is 5.47. The van der Waals surface area contributed by atoms with Crippen LogP contribution in [-0.4, -0.2) is 37.4 Å². The average molecular weight is 406 g/mol. The number of ether oxygens (including phenoxy) is 1. The summed E-state index contributed by atoms with van der Waals surface area (Å²) in [5, 5.41) is 3.50. The third-order valence-electron chi connectivity index (χ3n) is 3.93. The number of aromatic nitrogens is 4. The van der Waals surface area contributed by atoms with Gasteiger partial charge in [-0.1, -0.05) is 30.7 Å². The molecule has 0 aliphatic heterocycles. The lowest BCUT2D eigenvalue weighted by molar-refractivity contribution is -0.123. The molecule has 0 unspecified atom stereocenters. The summed E-state index contributed by atoms with van der Waals surface area (Å²) in [5.41, 5.74) is 1.45. The Balaban J connectivity index is 1.43. The van der Waals surface area contributed by atoms with Crippen molar-refractivity contribution in [3.63, 3.8) is 0 Å². The molecular weight excluding hydrogens is 386 g/mol. The highest BCUT2D eigenvalue weighted by atomic mass is 35.5. The van der Waals surface area contributed by atoms with Crippen molar-refractivity contribution in [2.45, 2.75) is 26.3 Å². The number of rotatable bonds is 9. The van der Waals surface area contributed by atoms with Crippen LogP contribution in [0.3, 0.4) is 0 Å². The van der Waals surface area contributed by atoms with E-state index in [0.717, 1.165) is 42.5 Å². The summed E-state index contributed by atoms with van der Waals surface area (Å²) >= 11 is 6.94. The van der Waals surface area contributed by atoms with Gasteiger partial charge in [0.25, 0.3) is 11.8 Å². The van der Waals surface area contributed by atoms with Crippen LogP contribution in [0, 0.1) is 0 Å². The maximum Gasteiger partial charge on any atom is 0.258 e. The smallest absolute Gasteiger partial charge is 0.258 e. The van der Waals surface area contributed by atoms with Gasteiger partial charge in [-0.2, -0.15) is 4.37 Å². The molecule has 0 spiro atoms. The molecule has 0 bridgehead atoms. The van der Waals surface area contributed by atoms with Crippen LogP contribution < -0.4 is 10.1 Å². The molecule has 0 aliphatic carbocycles. The maximum absolute atomic E-state index is 12.0. The molecule has 142 valence electrons. The largest absolute Gasteiger partial charge is 0.465 e. The summed E-state index contributed by atoms with van der Waals surface area (Å²) in [6, 6.07) is 7.23. The minimum atomic E-state index is -0.189. The summed E-state index contributed by atoms with van der Waals surface area (Å²) in [7, 11) is 0. The number of halogens is 1. The lowest BCUT2D eigenvalue weighted by Gasteiger charge is -2.08. The second kappa shape index (κ2) is 9.48. The summed E-state index contributed by atoms with van der Waals surface area (Å²) in [5.74, 6) is 1.21. The standard InChI is InChI=1S/C18H20ClN5O2S/c1-2-15-20-9-11-24(15)10-3-8-21-16(25)12-26-18-17(22-27-23-18)13-4-6-14(19)7-5-13/h4-7,9,11H,2-3,8,10,12H2,1H3,(H,21,25). The predicted molar refractivity (Wildman–Crippen MR) is 105 cm³/mol. The molecule has 2 heterocycles. The molecule has 1 amide bonds. The quantitative estimate of drug-likeness (QED) is 0.553. The van der Waals surface area contributed by atoms with Crippen molar-refractivity contribution in [3.8, 4) is 17.1 Å². The van der Waals surface area contributed by atoms with Crippen molar-refractivity contribution in [1.82, 2.24) is 23.6 Å². The third kappa shape index (κ3) is 5.27. The van der Waals surface area contributed by atoms with Gasteiger partial charge in [0.15, 0.2) is 6.61 Å². The van der Waals surface area contributed by atoms with Gasteiger partial charge in [-0.15, -0.1) is 4.37 Å². The monoisotopic (exact) mass is 405 g/mol. The second-order valence-electron chi connectivity index (χ2n) is 5.81. The first-order valence-electron chi connectivity index (χ1n) is 8.65. The number of benzene rings is 1. The molecule has 0 aliphatic rings. The number of nitrogens with zero attached hydrogens (tertiary/aromatic N) is 4. The van der Waals surface area contributed by atoms with E-state index in [1.54, 1.807) is 18.3 Å². The molecule has 0 saturated carbocycles. The Hall–Kier alpha value is -2.45. The van der Waals surface area contributed by atoms with Crippen molar-refractivity contribution < 1.29 is 9.53 Å². The van der Waals surface area contributed by atoms with E-state index in [2.05, 4.69) is 30.5 Å². The van der Waals surface area contributed by atoms with Crippen LogP contribution in [0.5, 0.6) is 5.88 Å². The molecule has 9 heteroatoms. The lowest BCUT2D eigenvalue weighted by atomic mass is 10.2. The van der Waals surface area contributed by atoms with Gasteiger partial charge in [-0.3, -0.25) is 4.79 Å². The van der Waals surface area contributed by atoms with Gasteiger partial charge in [0.1, 0.15) is 11.5 Å². The van der Waals surface area contributed by atoms with Crippen LogP contribution in [0.4, 0.5) is 0 Å². The molecule has 3 aromatic rings. The Kier molecular flexibility index (Phi) is 6.78. The zero-order valence-corrected chi connectivity index (χ0v) is 16.5. The zero-order chi connectivity index (χ0) is 19.1. The van der Waals surface area contributed by atoms with Crippen molar-refractivity contribution in [2.24, 2.45) is 0 Å². The van der Waals surface area contributed by atoms with Gasteiger partial charge in [-0.05, 0) is 18.6 Å². The van der Waals surface area contributed by atoms with Crippen LogP contribution in [0.2, 0.25) is 5.02 Å². The zero-order valence-electron chi connectivity index (χ0n) is 14.9. The fraction of sp³-hybridized carbons (Fsp3) is 0.333. The van der Waals surface area contributed by atoms with Crippen molar-refractivity contribution in [3.05, 3.63) is 47.5 Å². The Morgan fingerprint density at radius 1 is 1.30 bits per heavy atom. The number of imidazole rings is 1. The summed E-state index contributed by atoms with van der Waals surface area (Å²) < 4.78 is 16.0. The Bertz CT molecular complexity index is 878. The van der Waals surface area contributed by atoms with Gasteiger partial charge >= 0.3 is 0 Å². The first-order chi connectivity index (χ1) is 13.2. The number of amides is 1. The van der Waals surface area contributed by atoms with Crippen molar-refractivity contribution in [1.29, 1.82) is 0 Å². The fourth-order valence-corrected chi connectivity index (χ4v) is 3.22. The fourth-order valence-electron chi connectivity index (χ4n) is 2.58. The van der Waals surface area contributed by atoms with Crippen LogP contribution in [0.25, 0.3) is 11.3 Å². The van der Waals surface area contributed by atoms with E-state index in [4.69, 9.17) is 16.3 Å². The molecule has 2 aromatic heterocycles. The van der Waals surface area contributed by atoms with E-state index >= 15 is 0 Å². The van der Waals surface area contributed by atoms with E-state index < -0.39 is 0 Å². The summed E-state index contributed by atoms with van der Waals surface area (Å²) in [6.45, 7) is 3.37. The van der Waals surface area contributed by atoms with E-state index in [-0.39, 0.29) is 12.5 Å². The topological polar surface area (TPSA) is 81.9 Å². The lowest BCUT2D eigenvalue weighted by Crippen LogP contribution is -2.30. The SMILES string of the molecule is CCc1nccn1CCCNC(=O)COc1nsnc1-c1ccc(Cl)cc1. The highest BCUT2D eigenvalue weighted by Gasteiger charge is 2.13. The van der Waals surface area contributed by atoms with Gasteiger partial charge < -0.3 is 14.6 Å². The van der Waals surface area contributed by atoms with E-state index in [9.17, 15) is 4.79 Å². The number of carbonyl (C=O) groups excluding carboxylic acids is 1. The minimum Gasteiger partial charge on any atom is -0.465 e. The molecule has 0 atom stereocenters. The van der Waals surface area contributed by atoms with Crippen molar-refractivity contribution >= 4 is 29.2 Å². The number of hydrogen-bond donors (Lipinski definition) is 1. The maximum atomic E-state index is 12.0. The van der Waals surface area contributed by atoms with E-state index in [1.807, 2.05) is 18.3 Å². The number of carbonyl (C=O) groups is 1. The Labute approximate surface area is 166 Å². The molecule has 1 aromatic carbocycles. The first kappa shape index (κ1) is 19.3. The Morgan fingerprint density at radius 3 is 2.89 bits per heavy atom. The third-order valence-corrected chi connectivity index (χ3v) is 4.70. The normalized spacial score (nSPS) is 10.7.